The van der Waals surface area contributed by atoms with E-state index in [0.29, 0.717) is 11.3 Å². The zero-order valence-electron chi connectivity index (χ0n) is 8.25. The van der Waals surface area contributed by atoms with Crippen LogP contribution in [-0.4, -0.2) is 19.9 Å². The van der Waals surface area contributed by atoms with Crippen molar-refractivity contribution in [2.75, 3.05) is 13.6 Å². The van der Waals surface area contributed by atoms with Gasteiger partial charge in [0.05, 0.1) is 7.05 Å². The molecule has 0 radical (unpaired) electrons. The van der Waals surface area contributed by atoms with E-state index in [1.807, 2.05) is 0 Å². The first-order valence-electron chi connectivity index (χ1n) is 4.64. The van der Waals surface area contributed by atoms with Gasteiger partial charge in [-0.3, -0.25) is 0 Å². The molecule has 2 rings (SSSR count). The summed E-state index contributed by atoms with van der Waals surface area (Å²) in [7, 11) is 1.20. The van der Waals surface area contributed by atoms with E-state index in [4.69, 9.17) is 0 Å². The van der Waals surface area contributed by atoms with Gasteiger partial charge in [-0.05, 0) is 18.2 Å². The van der Waals surface area contributed by atoms with Crippen LogP contribution in [0.2, 0.25) is 0 Å². The standard InChI is InChI=1S/C11H11F3N/c1-15(11(12,13)14)8-4-6-9-5-2-3-7-10(9)15/h2-7H,8H2,1H3/q+1. The minimum atomic E-state index is -4.26. The zero-order valence-corrected chi connectivity index (χ0v) is 8.25. The van der Waals surface area contributed by atoms with Gasteiger partial charge in [0, 0.05) is 11.6 Å². The van der Waals surface area contributed by atoms with Gasteiger partial charge in [0.25, 0.3) is 0 Å². The average molecular weight is 214 g/mol. The number of para-hydroxylation sites is 1. The molecule has 0 aliphatic carbocycles. The molecule has 0 saturated heterocycles. The molecule has 1 unspecified atom stereocenters. The number of rotatable bonds is 0. The summed E-state index contributed by atoms with van der Waals surface area (Å²) in [6, 6.07) is 6.62. The molecule has 1 atom stereocenters. The number of alkyl halides is 3. The minimum Gasteiger partial charge on any atom is -0.197 e. The summed E-state index contributed by atoms with van der Waals surface area (Å²) in [5, 5.41) is 0. The molecule has 1 nitrogen and oxygen atoms in total. The number of nitrogens with zero attached hydrogens (tertiary/aromatic N) is 1. The van der Waals surface area contributed by atoms with Crippen molar-refractivity contribution < 1.29 is 13.2 Å². The van der Waals surface area contributed by atoms with Crippen molar-refractivity contribution in [1.29, 1.82) is 0 Å². The fraction of sp³-hybridized carbons (Fsp3) is 0.273. The van der Waals surface area contributed by atoms with Crippen molar-refractivity contribution in [1.82, 2.24) is 4.48 Å². The van der Waals surface area contributed by atoms with Crippen LogP contribution in [-0.2, 0) is 0 Å². The van der Waals surface area contributed by atoms with Gasteiger partial charge in [0.2, 0.25) is 0 Å². The summed E-state index contributed by atoms with van der Waals surface area (Å²) in [5.41, 5.74) is 0.955. The number of halogens is 3. The molecule has 4 heteroatoms. The summed E-state index contributed by atoms with van der Waals surface area (Å²) in [6.07, 6.45) is -0.961. The molecule has 80 valence electrons. The van der Waals surface area contributed by atoms with E-state index < -0.39 is 10.8 Å². The van der Waals surface area contributed by atoms with Crippen LogP contribution in [0.5, 0.6) is 0 Å². The molecular formula is C11H11F3N+. The highest BCUT2D eigenvalue weighted by Gasteiger charge is 2.54. The molecule has 0 amide bonds. The molecular weight excluding hydrogens is 203 g/mol. The molecule has 0 N–H and O–H groups in total. The highest BCUT2D eigenvalue weighted by Crippen LogP contribution is 2.39. The lowest BCUT2D eigenvalue weighted by molar-refractivity contribution is -0.227. The number of hydrogen-bond donors (Lipinski definition) is 0. The third-order valence-electron chi connectivity index (χ3n) is 2.80. The number of quaternary nitrogens is 1. The lowest BCUT2D eigenvalue weighted by Crippen LogP contribution is -2.57. The number of hydrogen-bond acceptors (Lipinski definition) is 0. The van der Waals surface area contributed by atoms with E-state index in [1.165, 1.54) is 13.1 Å². The summed E-state index contributed by atoms with van der Waals surface area (Å²) >= 11 is 0. The van der Waals surface area contributed by atoms with E-state index in [-0.39, 0.29) is 6.54 Å². The second-order valence-corrected chi connectivity index (χ2v) is 3.80. The molecule has 1 aromatic carbocycles. The summed E-state index contributed by atoms with van der Waals surface area (Å²) in [6.45, 7) is -0.0412. The van der Waals surface area contributed by atoms with E-state index >= 15 is 0 Å². The van der Waals surface area contributed by atoms with E-state index in [9.17, 15) is 13.2 Å². The maximum absolute atomic E-state index is 12.9. The Morgan fingerprint density at radius 2 is 1.87 bits per heavy atom. The van der Waals surface area contributed by atoms with Gasteiger partial charge in [-0.2, -0.15) is 4.48 Å². The van der Waals surface area contributed by atoms with Gasteiger partial charge in [0.1, 0.15) is 12.2 Å². The summed E-state index contributed by atoms with van der Waals surface area (Å²) in [5.74, 6) is 0. The molecule has 0 saturated carbocycles. The number of fused-ring (bicyclic) bond motifs is 1. The van der Waals surface area contributed by atoms with E-state index in [0.717, 1.165) is 0 Å². The Balaban J connectivity index is 2.60. The van der Waals surface area contributed by atoms with Crippen LogP contribution in [0.3, 0.4) is 0 Å². The Labute approximate surface area is 86.0 Å². The van der Waals surface area contributed by atoms with Crippen molar-refractivity contribution in [3.05, 3.63) is 35.9 Å². The number of likely N-dealkylation sites (N-methyl/N-ethyl adjacent to an activating group) is 1. The first kappa shape index (κ1) is 10.2. The first-order chi connectivity index (χ1) is 6.95. The Morgan fingerprint density at radius 1 is 1.20 bits per heavy atom. The van der Waals surface area contributed by atoms with Crippen LogP contribution in [0.25, 0.3) is 6.08 Å². The lowest BCUT2D eigenvalue weighted by atomic mass is 10.1. The summed E-state index contributed by atoms with van der Waals surface area (Å²) < 4.78 is 37.8. The van der Waals surface area contributed by atoms with Crippen LogP contribution < -0.4 is 4.48 Å². The summed E-state index contributed by atoms with van der Waals surface area (Å²) in [4.78, 5) is 0. The van der Waals surface area contributed by atoms with Crippen LogP contribution in [0.1, 0.15) is 5.56 Å². The largest absolute Gasteiger partial charge is 0.566 e. The predicted octanol–water partition coefficient (Wildman–Crippen LogP) is 3.17. The average Bonchev–Trinajstić information content (AvgIpc) is 2.17. The van der Waals surface area contributed by atoms with Gasteiger partial charge < -0.3 is 0 Å². The van der Waals surface area contributed by atoms with Gasteiger partial charge >= 0.3 is 6.30 Å². The van der Waals surface area contributed by atoms with Crippen LogP contribution >= 0.6 is 0 Å². The smallest absolute Gasteiger partial charge is 0.197 e. The highest BCUT2D eigenvalue weighted by atomic mass is 19.4. The SMILES string of the molecule is C[N+]1(C(F)(F)F)CC=Cc2ccccc21. The van der Waals surface area contributed by atoms with E-state index in [1.54, 1.807) is 30.4 Å². The molecule has 1 heterocycles. The number of benzene rings is 1. The maximum Gasteiger partial charge on any atom is 0.566 e. The van der Waals surface area contributed by atoms with Crippen LogP contribution in [0.15, 0.2) is 30.3 Å². The Bertz CT molecular complexity index is 409. The molecule has 1 aromatic rings. The monoisotopic (exact) mass is 214 g/mol. The Kier molecular flexibility index (Phi) is 2.12. The normalized spacial score (nSPS) is 25.1. The van der Waals surface area contributed by atoms with Gasteiger partial charge in [-0.25, -0.2) is 0 Å². The third-order valence-corrected chi connectivity index (χ3v) is 2.80. The second-order valence-electron chi connectivity index (χ2n) is 3.80. The van der Waals surface area contributed by atoms with E-state index in [2.05, 4.69) is 0 Å². The van der Waals surface area contributed by atoms with Crippen molar-refractivity contribution in [3.63, 3.8) is 0 Å². The molecule has 1 aliphatic heterocycles. The van der Waals surface area contributed by atoms with Crippen molar-refractivity contribution >= 4 is 11.8 Å². The fourth-order valence-corrected chi connectivity index (χ4v) is 1.81. The fourth-order valence-electron chi connectivity index (χ4n) is 1.81. The Morgan fingerprint density at radius 3 is 2.53 bits per heavy atom. The quantitative estimate of drug-likeness (QED) is 0.459. The molecule has 0 spiro atoms. The Hall–Kier alpha value is -1.29. The van der Waals surface area contributed by atoms with Crippen molar-refractivity contribution in [2.45, 2.75) is 6.30 Å². The topological polar surface area (TPSA) is 0 Å². The molecule has 0 bridgehead atoms. The zero-order chi connectivity index (χ0) is 11.1. The van der Waals surface area contributed by atoms with Crippen LogP contribution in [0, 0.1) is 0 Å². The molecule has 0 aromatic heterocycles. The van der Waals surface area contributed by atoms with Crippen molar-refractivity contribution in [3.8, 4) is 0 Å². The third kappa shape index (κ3) is 1.45. The van der Waals surface area contributed by atoms with Gasteiger partial charge in [-0.1, -0.05) is 12.1 Å². The van der Waals surface area contributed by atoms with Crippen molar-refractivity contribution in [2.24, 2.45) is 0 Å². The highest BCUT2D eigenvalue weighted by molar-refractivity contribution is 5.69. The van der Waals surface area contributed by atoms with Gasteiger partial charge in [-0.15, -0.1) is 13.2 Å². The predicted molar refractivity (Wildman–Crippen MR) is 54.1 cm³/mol. The minimum absolute atomic E-state index is 0.0412. The second kappa shape index (κ2) is 3.10. The molecule has 0 fully saturated rings. The lowest BCUT2D eigenvalue weighted by Gasteiger charge is -2.36. The van der Waals surface area contributed by atoms with Crippen LogP contribution in [0.4, 0.5) is 18.9 Å². The molecule has 15 heavy (non-hydrogen) atoms. The maximum atomic E-state index is 12.9. The van der Waals surface area contributed by atoms with Gasteiger partial charge in [0.15, 0.2) is 0 Å². The first-order valence-corrected chi connectivity index (χ1v) is 4.64. The molecule has 1 aliphatic rings.